The van der Waals surface area contributed by atoms with Crippen molar-refractivity contribution in [2.45, 2.75) is 5.79 Å². The number of hydrogen-bond donors (Lipinski definition) is 0. The highest BCUT2D eigenvalue weighted by Gasteiger charge is 2.39. The van der Waals surface area contributed by atoms with Crippen molar-refractivity contribution in [2.24, 2.45) is 0 Å². The van der Waals surface area contributed by atoms with Gasteiger partial charge in [-0.3, -0.25) is 0 Å². The molecule has 1 aliphatic heterocycles. The molecule has 2 aromatic carbocycles. The first-order valence-corrected chi connectivity index (χ1v) is 7.59. The van der Waals surface area contributed by atoms with Crippen LogP contribution in [-0.2, 0) is 15.3 Å². The molecule has 3 rings (SSSR count). The summed E-state index contributed by atoms with van der Waals surface area (Å²) in [5.41, 5.74) is 0.989. The second-order valence-electron chi connectivity index (χ2n) is 4.53. The second-order valence-corrected chi connectivity index (χ2v) is 5.70. The highest BCUT2D eigenvalue weighted by Crippen LogP contribution is 2.33. The normalized spacial score (nSPS) is 17.1. The molecule has 0 amide bonds. The van der Waals surface area contributed by atoms with Gasteiger partial charge < -0.3 is 14.2 Å². The van der Waals surface area contributed by atoms with Gasteiger partial charge in [0.2, 0.25) is 5.79 Å². The number of ether oxygens (including phenoxy) is 3. The molecule has 104 valence electrons. The summed E-state index contributed by atoms with van der Waals surface area (Å²) in [5, 5.41) is 0. The monoisotopic (exact) mass is 382 g/mol. The molecule has 0 unspecified atom stereocenters. The van der Waals surface area contributed by atoms with E-state index in [1.807, 2.05) is 54.6 Å². The van der Waals surface area contributed by atoms with E-state index in [-0.39, 0.29) is 0 Å². The van der Waals surface area contributed by atoms with Crippen molar-refractivity contribution in [3.05, 3.63) is 63.7 Å². The molecule has 4 heteroatoms. The fraction of sp³-hybridized carbons (Fsp3) is 0.250. The van der Waals surface area contributed by atoms with Crippen molar-refractivity contribution < 1.29 is 14.2 Å². The smallest absolute Gasteiger partial charge is 0.230 e. The third kappa shape index (κ3) is 2.82. The molecule has 0 aromatic heterocycles. The minimum Gasteiger partial charge on any atom is -0.486 e. The van der Waals surface area contributed by atoms with Crippen LogP contribution in [0, 0.1) is 3.57 Å². The zero-order valence-electron chi connectivity index (χ0n) is 10.9. The summed E-state index contributed by atoms with van der Waals surface area (Å²) in [5.74, 6) is 0.0581. The molecule has 2 aromatic rings. The average Bonchev–Trinajstić information content (AvgIpc) is 2.98. The van der Waals surface area contributed by atoms with Gasteiger partial charge in [0.05, 0.1) is 16.8 Å². The molecular formula is C16H15IO3. The standard InChI is InChI=1S/C16H15IO3/c17-14-8-4-5-9-15(14)18-12-16(19-10-11-20-16)13-6-2-1-3-7-13/h1-9H,10-12H2. The van der Waals surface area contributed by atoms with Gasteiger partial charge in [-0.1, -0.05) is 42.5 Å². The average molecular weight is 382 g/mol. The van der Waals surface area contributed by atoms with Gasteiger partial charge in [-0.2, -0.15) is 0 Å². The quantitative estimate of drug-likeness (QED) is 0.757. The van der Waals surface area contributed by atoms with Gasteiger partial charge in [-0.15, -0.1) is 0 Å². The first kappa shape index (κ1) is 13.9. The lowest BCUT2D eigenvalue weighted by Gasteiger charge is -2.27. The van der Waals surface area contributed by atoms with Crippen LogP contribution >= 0.6 is 22.6 Å². The largest absolute Gasteiger partial charge is 0.486 e. The Balaban J connectivity index is 1.81. The fourth-order valence-corrected chi connectivity index (χ4v) is 2.76. The topological polar surface area (TPSA) is 27.7 Å². The predicted octanol–water partition coefficient (Wildman–Crippen LogP) is 3.57. The van der Waals surface area contributed by atoms with E-state index in [0.717, 1.165) is 14.9 Å². The summed E-state index contributed by atoms with van der Waals surface area (Å²) in [6, 6.07) is 17.9. The van der Waals surface area contributed by atoms with Gasteiger partial charge in [0, 0.05) is 5.56 Å². The number of benzene rings is 2. The highest BCUT2D eigenvalue weighted by molar-refractivity contribution is 14.1. The Bertz CT molecular complexity index is 565. The van der Waals surface area contributed by atoms with Gasteiger partial charge >= 0.3 is 0 Å². The predicted molar refractivity (Wildman–Crippen MR) is 84.7 cm³/mol. The number of hydrogen-bond acceptors (Lipinski definition) is 3. The van der Waals surface area contributed by atoms with Crippen LogP contribution in [-0.4, -0.2) is 19.8 Å². The minimum atomic E-state index is -0.791. The van der Waals surface area contributed by atoms with E-state index in [2.05, 4.69) is 22.6 Å². The summed E-state index contributed by atoms with van der Waals surface area (Å²) in [6.07, 6.45) is 0. The van der Waals surface area contributed by atoms with Crippen LogP contribution < -0.4 is 4.74 Å². The molecule has 20 heavy (non-hydrogen) atoms. The van der Waals surface area contributed by atoms with E-state index in [0.29, 0.717) is 19.8 Å². The zero-order chi connectivity index (χ0) is 13.8. The van der Waals surface area contributed by atoms with Crippen molar-refractivity contribution in [3.8, 4) is 5.75 Å². The summed E-state index contributed by atoms with van der Waals surface area (Å²) in [7, 11) is 0. The van der Waals surface area contributed by atoms with Crippen LogP contribution in [0.2, 0.25) is 0 Å². The van der Waals surface area contributed by atoms with Crippen LogP contribution in [0.25, 0.3) is 0 Å². The molecule has 0 radical (unpaired) electrons. The Morgan fingerprint density at radius 1 is 0.950 bits per heavy atom. The molecule has 0 aliphatic carbocycles. The van der Waals surface area contributed by atoms with Gasteiger partial charge in [0.15, 0.2) is 0 Å². The molecule has 0 bridgehead atoms. The molecule has 0 atom stereocenters. The lowest BCUT2D eigenvalue weighted by atomic mass is 10.1. The maximum absolute atomic E-state index is 5.92. The van der Waals surface area contributed by atoms with E-state index < -0.39 is 5.79 Å². The molecule has 3 nitrogen and oxygen atoms in total. The summed E-state index contributed by atoms with van der Waals surface area (Å²) in [4.78, 5) is 0. The molecule has 0 spiro atoms. The number of para-hydroxylation sites is 1. The van der Waals surface area contributed by atoms with Gasteiger partial charge in [-0.25, -0.2) is 0 Å². The van der Waals surface area contributed by atoms with Crippen molar-refractivity contribution >= 4 is 22.6 Å². The van der Waals surface area contributed by atoms with E-state index in [1.165, 1.54) is 0 Å². The Morgan fingerprint density at radius 3 is 2.30 bits per heavy atom. The molecule has 0 saturated carbocycles. The van der Waals surface area contributed by atoms with E-state index >= 15 is 0 Å². The van der Waals surface area contributed by atoms with Gasteiger partial charge in [0.25, 0.3) is 0 Å². The van der Waals surface area contributed by atoms with Crippen LogP contribution in [0.5, 0.6) is 5.75 Å². The lowest BCUT2D eigenvalue weighted by molar-refractivity contribution is -0.186. The third-order valence-electron chi connectivity index (χ3n) is 3.22. The minimum absolute atomic E-state index is 0.344. The highest BCUT2D eigenvalue weighted by atomic mass is 127. The molecule has 1 saturated heterocycles. The SMILES string of the molecule is Ic1ccccc1OCC1(c2ccccc2)OCCO1. The van der Waals surface area contributed by atoms with E-state index in [9.17, 15) is 0 Å². The van der Waals surface area contributed by atoms with Crippen molar-refractivity contribution in [1.82, 2.24) is 0 Å². The second kappa shape index (κ2) is 6.11. The molecular weight excluding hydrogens is 367 g/mol. The van der Waals surface area contributed by atoms with Crippen molar-refractivity contribution in [1.29, 1.82) is 0 Å². The maximum atomic E-state index is 5.92. The van der Waals surface area contributed by atoms with Crippen LogP contribution in [0.1, 0.15) is 5.56 Å². The van der Waals surface area contributed by atoms with Crippen molar-refractivity contribution in [3.63, 3.8) is 0 Å². The first-order chi connectivity index (χ1) is 9.80. The Hall–Kier alpha value is -1.11. The van der Waals surface area contributed by atoms with Crippen LogP contribution in [0.4, 0.5) is 0 Å². The van der Waals surface area contributed by atoms with Crippen LogP contribution in [0.15, 0.2) is 54.6 Å². The van der Waals surface area contributed by atoms with Crippen molar-refractivity contribution in [2.75, 3.05) is 19.8 Å². The maximum Gasteiger partial charge on any atom is 0.230 e. The van der Waals surface area contributed by atoms with Gasteiger partial charge in [-0.05, 0) is 34.7 Å². The Morgan fingerprint density at radius 2 is 1.60 bits per heavy atom. The summed E-state index contributed by atoms with van der Waals surface area (Å²) >= 11 is 2.26. The third-order valence-corrected chi connectivity index (χ3v) is 4.11. The molecule has 1 heterocycles. The van der Waals surface area contributed by atoms with Crippen LogP contribution in [0.3, 0.4) is 0 Å². The van der Waals surface area contributed by atoms with Gasteiger partial charge in [0.1, 0.15) is 12.4 Å². The number of halogens is 1. The number of rotatable bonds is 4. The zero-order valence-corrected chi connectivity index (χ0v) is 13.1. The Kier molecular flexibility index (Phi) is 4.24. The summed E-state index contributed by atoms with van der Waals surface area (Å²) in [6.45, 7) is 1.52. The Labute approximate surface area is 132 Å². The molecule has 1 fully saturated rings. The summed E-state index contributed by atoms with van der Waals surface area (Å²) < 4.78 is 18.7. The molecule has 1 aliphatic rings. The molecule has 0 N–H and O–H groups in total. The fourth-order valence-electron chi connectivity index (χ4n) is 2.21. The first-order valence-electron chi connectivity index (χ1n) is 6.51. The lowest BCUT2D eigenvalue weighted by Crippen LogP contribution is -2.34. The van der Waals surface area contributed by atoms with E-state index in [1.54, 1.807) is 0 Å². The van der Waals surface area contributed by atoms with E-state index in [4.69, 9.17) is 14.2 Å².